The van der Waals surface area contributed by atoms with Crippen LogP contribution >= 0.6 is 15.9 Å². The van der Waals surface area contributed by atoms with E-state index in [0.717, 1.165) is 10.0 Å². The summed E-state index contributed by atoms with van der Waals surface area (Å²) in [7, 11) is 0. The molecular weight excluding hydrogens is 262 g/mol. The molecular formula is C14H16BrN. The largest absolute Gasteiger partial charge is 0.198 e. The Morgan fingerprint density at radius 2 is 1.88 bits per heavy atom. The number of rotatable bonds is 2. The molecule has 1 aromatic rings. The Morgan fingerprint density at radius 3 is 2.50 bits per heavy atom. The third-order valence-electron chi connectivity index (χ3n) is 3.50. The number of nitrogens with zero attached hydrogens (tertiary/aromatic N) is 1. The minimum absolute atomic E-state index is 0.0656. The SMILES string of the molecule is N#CC(c1ccccc1Br)C1CCCCC1. The van der Waals surface area contributed by atoms with Gasteiger partial charge >= 0.3 is 0 Å². The first kappa shape index (κ1) is 11.7. The van der Waals surface area contributed by atoms with E-state index in [1.807, 2.05) is 18.2 Å². The predicted molar refractivity (Wildman–Crippen MR) is 69.1 cm³/mol. The van der Waals surface area contributed by atoms with Gasteiger partial charge in [0.05, 0.1) is 12.0 Å². The molecule has 1 aliphatic carbocycles. The Labute approximate surface area is 106 Å². The molecule has 0 N–H and O–H groups in total. The molecule has 0 spiro atoms. The van der Waals surface area contributed by atoms with Crippen LogP contribution < -0.4 is 0 Å². The van der Waals surface area contributed by atoms with Crippen LogP contribution in [-0.2, 0) is 0 Å². The quantitative estimate of drug-likeness (QED) is 0.773. The van der Waals surface area contributed by atoms with E-state index in [1.54, 1.807) is 0 Å². The van der Waals surface area contributed by atoms with Crippen molar-refractivity contribution < 1.29 is 0 Å². The lowest BCUT2D eigenvalue weighted by atomic mass is 9.77. The van der Waals surface area contributed by atoms with Gasteiger partial charge in [-0.1, -0.05) is 53.4 Å². The van der Waals surface area contributed by atoms with Gasteiger partial charge in [-0.2, -0.15) is 5.26 Å². The molecule has 0 heterocycles. The van der Waals surface area contributed by atoms with Gasteiger partial charge in [-0.25, -0.2) is 0 Å². The molecule has 0 bridgehead atoms. The molecule has 0 radical (unpaired) electrons. The Kier molecular flexibility index (Phi) is 4.01. The standard InChI is InChI=1S/C14H16BrN/c15-14-9-5-4-8-12(14)13(10-16)11-6-2-1-3-7-11/h4-5,8-9,11,13H,1-3,6-7H2. The third kappa shape index (κ3) is 2.47. The highest BCUT2D eigenvalue weighted by Gasteiger charge is 2.25. The smallest absolute Gasteiger partial charge is 0.0751 e. The monoisotopic (exact) mass is 277 g/mol. The maximum atomic E-state index is 9.39. The summed E-state index contributed by atoms with van der Waals surface area (Å²) in [5, 5.41) is 9.39. The minimum Gasteiger partial charge on any atom is -0.198 e. The molecule has 2 heteroatoms. The van der Waals surface area contributed by atoms with Crippen LogP contribution in [0.3, 0.4) is 0 Å². The van der Waals surface area contributed by atoms with Crippen molar-refractivity contribution in [3.63, 3.8) is 0 Å². The summed E-state index contributed by atoms with van der Waals surface area (Å²) in [5.74, 6) is 0.619. The molecule has 1 nitrogen and oxygen atoms in total. The van der Waals surface area contributed by atoms with E-state index in [-0.39, 0.29) is 5.92 Å². The number of hydrogen-bond acceptors (Lipinski definition) is 1. The van der Waals surface area contributed by atoms with E-state index in [0.29, 0.717) is 5.92 Å². The van der Waals surface area contributed by atoms with Crippen molar-refractivity contribution in [1.82, 2.24) is 0 Å². The van der Waals surface area contributed by atoms with E-state index in [4.69, 9.17) is 0 Å². The highest BCUT2D eigenvalue weighted by Crippen LogP contribution is 2.38. The van der Waals surface area contributed by atoms with Crippen molar-refractivity contribution in [3.05, 3.63) is 34.3 Å². The summed E-state index contributed by atoms with van der Waals surface area (Å²) < 4.78 is 1.08. The second-order valence-corrected chi connectivity index (χ2v) is 5.38. The van der Waals surface area contributed by atoms with Crippen molar-refractivity contribution in [3.8, 4) is 6.07 Å². The maximum Gasteiger partial charge on any atom is 0.0751 e. The molecule has 1 atom stereocenters. The van der Waals surface area contributed by atoms with Gasteiger partial charge in [0.25, 0.3) is 0 Å². The Balaban J connectivity index is 2.22. The van der Waals surface area contributed by atoms with Crippen molar-refractivity contribution >= 4 is 15.9 Å². The van der Waals surface area contributed by atoms with Crippen LogP contribution in [0.1, 0.15) is 43.6 Å². The molecule has 84 valence electrons. The van der Waals surface area contributed by atoms with Gasteiger partial charge in [-0.3, -0.25) is 0 Å². The summed E-state index contributed by atoms with van der Waals surface area (Å²) in [6.45, 7) is 0. The average molecular weight is 278 g/mol. The Bertz CT molecular complexity index is 388. The van der Waals surface area contributed by atoms with E-state index in [9.17, 15) is 5.26 Å². The number of nitriles is 1. The van der Waals surface area contributed by atoms with Gasteiger partial charge < -0.3 is 0 Å². The number of hydrogen-bond donors (Lipinski definition) is 0. The van der Waals surface area contributed by atoms with E-state index in [1.165, 1.54) is 32.1 Å². The zero-order chi connectivity index (χ0) is 11.4. The highest BCUT2D eigenvalue weighted by molar-refractivity contribution is 9.10. The summed E-state index contributed by atoms with van der Waals surface area (Å²) in [6.07, 6.45) is 6.32. The molecule has 0 aromatic heterocycles. The Hall–Kier alpha value is -0.810. The lowest BCUT2D eigenvalue weighted by molar-refractivity contribution is 0.335. The van der Waals surface area contributed by atoms with Crippen LogP contribution in [0.25, 0.3) is 0 Å². The van der Waals surface area contributed by atoms with Crippen molar-refractivity contribution in [2.45, 2.75) is 38.0 Å². The van der Waals surface area contributed by atoms with E-state index in [2.05, 4.69) is 28.1 Å². The molecule has 16 heavy (non-hydrogen) atoms. The van der Waals surface area contributed by atoms with Gasteiger partial charge in [0.15, 0.2) is 0 Å². The first-order chi connectivity index (χ1) is 7.83. The zero-order valence-electron chi connectivity index (χ0n) is 9.32. The number of halogens is 1. The van der Waals surface area contributed by atoms with Gasteiger partial charge in [0.1, 0.15) is 0 Å². The van der Waals surface area contributed by atoms with Gasteiger partial charge in [0, 0.05) is 4.47 Å². The second-order valence-electron chi connectivity index (χ2n) is 4.53. The van der Waals surface area contributed by atoms with E-state index < -0.39 is 0 Å². The molecule has 1 unspecified atom stereocenters. The highest BCUT2D eigenvalue weighted by atomic mass is 79.9. The topological polar surface area (TPSA) is 23.8 Å². The summed E-state index contributed by atoms with van der Waals surface area (Å²) >= 11 is 3.55. The predicted octanol–water partition coefficient (Wildman–Crippen LogP) is 4.64. The van der Waals surface area contributed by atoms with Crippen LogP contribution in [0, 0.1) is 17.2 Å². The van der Waals surface area contributed by atoms with Gasteiger partial charge in [0.2, 0.25) is 0 Å². The molecule has 1 fully saturated rings. The van der Waals surface area contributed by atoms with Gasteiger partial charge in [-0.05, 0) is 30.4 Å². The molecule has 0 amide bonds. The average Bonchev–Trinajstić information content (AvgIpc) is 2.34. The van der Waals surface area contributed by atoms with E-state index >= 15 is 0 Å². The molecule has 1 saturated carbocycles. The minimum atomic E-state index is 0.0656. The molecule has 1 aromatic carbocycles. The molecule has 2 rings (SSSR count). The van der Waals surface area contributed by atoms with Crippen molar-refractivity contribution in [2.75, 3.05) is 0 Å². The fraction of sp³-hybridized carbons (Fsp3) is 0.500. The van der Waals surface area contributed by atoms with Crippen LogP contribution in [0.2, 0.25) is 0 Å². The molecule has 0 saturated heterocycles. The van der Waals surface area contributed by atoms with Crippen LogP contribution in [0.5, 0.6) is 0 Å². The third-order valence-corrected chi connectivity index (χ3v) is 4.22. The normalized spacial score (nSPS) is 19.0. The zero-order valence-corrected chi connectivity index (χ0v) is 10.9. The summed E-state index contributed by atoms with van der Waals surface area (Å²) in [5.41, 5.74) is 1.16. The Morgan fingerprint density at radius 1 is 1.19 bits per heavy atom. The first-order valence-electron chi connectivity index (χ1n) is 5.97. The lowest BCUT2D eigenvalue weighted by Crippen LogP contribution is -2.15. The second kappa shape index (κ2) is 5.50. The number of benzene rings is 1. The van der Waals surface area contributed by atoms with Crippen LogP contribution in [-0.4, -0.2) is 0 Å². The fourth-order valence-electron chi connectivity index (χ4n) is 2.62. The van der Waals surface area contributed by atoms with Crippen molar-refractivity contribution in [2.24, 2.45) is 5.92 Å². The fourth-order valence-corrected chi connectivity index (χ4v) is 3.16. The first-order valence-corrected chi connectivity index (χ1v) is 6.76. The lowest BCUT2D eigenvalue weighted by Gasteiger charge is -2.26. The maximum absolute atomic E-state index is 9.39. The van der Waals surface area contributed by atoms with Crippen LogP contribution in [0.15, 0.2) is 28.7 Å². The van der Waals surface area contributed by atoms with Gasteiger partial charge in [-0.15, -0.1) is 0 Å². The van der Waals surface area contributed by atoms with Crippen LogP contribution in [0.4, 0.5) is 0 Å². The molecule has 0 aliphatic heterocycles. The summed E-state index contributed by atoms with van der Waals surface area (Å²) in [4.78, 5) is 0. The van der Waals surface area contributed by atoms with Crippen molar-refractivity contribution in [1.29, 1.82) is 5.26 Å². The summed E-state index contributed by atoms with van der Waals surface area (Å²) in [6, 6.07) is 10.6. The molecule has 1 aliphatic rings.